The minimum Gasteiger partial charge on any atom is -0.0887 e. The van der Waals surface area contributed by atoms with Gasteiger partial charge in [0.1, 0.15) is 0 Å². The fraction of sp³-hybridized carbons (Fsp3) is 1.00. The average molecular weight is 152 g/mol. The van der Waals surface area contributed by atoms with Crippen molar-refractivity contribution in [1.82, 2.24) is 0 Å². The van der Waals surface area contributed by atoms with Crippen molar-refractivity contribution in [3.05, 3.63) is 0 Å². The number of unbranched alkanes of at least 4 members (excludes halogenated alkanes) is 1. The normalized spacial score (nSPS) is 13.3. The summed E-state index contributed by atoms with van der Waals surface area (Å²) in [5.74, 6) is 0.943. The monoisotopic (exact) mass is 152 g/mol. The molecule has 0 saturated carbocycles. The molecule has 0 aromatic rings. The summed E-state index contributed by atoms with van der Waals surface area (Å²) in [7, 11) is 5.46. The molecule has 64 valence electrons. The first-order valence-electron chi connectivity index (χ1n) is 5.05. The van der Waals surface area contributed by atoms with Gasteiger partial charge in [-0.1, -0.05) is 58.7 Å². The Morgan fingerprint density at radius 3 is 2.18 bits per heavy atom. The molecule has 11 heavy (non-hydrogen) atoms. The summed E-state index contributed by atoms with van der Waals surface area (Å²) < 4.78 is 0. The van der Waals surface area contributed by atoms with Crippen LogP contribution in [0.3, 0.4) is 0 Å². The lowest BCUT2D eigenvalue weighted by Gasteiger charge is -2.12. The third-order valence-corrected chi connectivity index (χ3v) is 2.36. The van der Waals surface area contributed by atoms with Gasteiger partial charge < -0.3 is 0 Å². The van der Waals surface area contributed by atoms with Gasteiger partial charge in [0.2, 0.25) is 0 Å². The van der Waals surface area contributed by atoms with Crippen LogP contribution in [0.15, 0.2) is 0 Å². The standard InChI is InChI=1S/C10H21B/c1-3-5-7-10(4-2)8-6-9-11/h10H,3-9H2,1-2H3/t10-/m0/s1. The molecule has 0 aromatic carbocycles. The Labute approximate surface area is 73.2 Å². The van der Waals surface area contributed by atoms with Gasteiger partial charge in [-0.15, -0.1) is 0 Å². The van der Waals surface area contributed by atoms with Crippen LogP contribution < -0.4 is 0 Å². The number of rotatable bonds is 7. The summed E-state index contributed by atoms with van der Waals surface area (Å²) in [4.78, 5) is 0. The van der Waals surface area contributed by atoms with E-state index in [1.165, 1.54) is 38.5 Å². The molecule has 0 bridgehead atoms. The van der Waals surface area contributed by atoms with Crippen molar-refractivity contribution < 1.29 is 0 Å². The molecular weight excluding hydrogens is 131 g/mol. The third kappa shape index (κ3) is 6.46. The van der Waals surface area contributed by atoms with Crippen LogP contribution in [0, 0.1) is 5.92 Å². The molecule has 0 N–H and O–H groups in total. The molecule has 0 saturated heterocycles. The second-order valence-electron chi connectivity index (χ2n) is 3.35. The van der Waals surface area contributed by atoms with E-state index in [1.807, 2.05) is 0 Å². The summed E-state index contributed by atoms with van der Waals surface area (Å²) in [6.07, 6.45) is 8.88. The smallest absolute Gasteiger partial charge is 0.0653 e. The molecule has 0 spiro atoms. The Hall–Kier alpha value is 0.0649. The van der Waals surface area contributed by atoms with E-state index in [-0.39, 0.29) is 0 Å². The van der Waals surface area contributed by atoms with Gasteiger partial charge in [-0.3, -0.25) is 0 Å². The van der Waals surface area contributed by atoms with Gasteiger partial charge in [0.25, 0.3) is 0 Å². The zero-order valence-corrected chi connectivity index (χ0v) is 8.10. The fourth-order valence-electron chi connectivity index (χ4n) is 1.45. The molecule has 0 amide bonds. The summed E-state index contributed by atoms with van der Waals surface area (Å²) in [6, 6.07) is 0. The van der Waals surface area contributed by atoms with Gasteiger partial charge in [-0.05, 0) is 5.92 Å². The summed E-state index contributed by atoms with van der Waals surface area (Å²) in [5, 5.41) is 0. The van der Waals surface area contributed by atoms with E-state index in [0.717, 1.165) is 12.2 Å². The van der Waals surface area contributed by atoms with E-state index in [0.29, 0.717) is 0 Å². The minimum atomic E-state index is 0.864. The predicted octanol–water partition coefficient (Wildman–Crippen LogP) is 3.57. The van der Waals surface area contributed by atoms with E-state index < -0.39 is 0 Å². The summed E-state index contributed by atoms with van der Waals surface area (Å²) in [5.41, 5.74) is 0. The third-order valence-electron chi connectivity index (χ3n) is 2.36. The maximum Gasteiger partial charge on any atom is 0.0653 e. The van der Waals surface area contributed by atoms with Crippen molar-refractivity contribution in [2.75, 3.05) is 0 Å². The van der Waals surface area contributed by atoms with E-state index in [4.69, 9.17) is 7.85 Å². The molecular formula is C10H21B. The molecule has 1 atom stereocenters. The highest BCUT2D eigenvalue weighted by Crippen LogP contribution is 2.18. The second kappa shape index (κ2) is 8.16. The average Bonchev–Trinajstić information content (AvgIpc) is 2.05. The molecule has 0 aliphatic heterocycles. The highest BCUT2D eigenvalue weighted by atomic mass is 14.1. The van der Waals surface area contributed by atoms with Crippen LogP contribution in [-0.4, -0.2) is 7.85 Å². The van der Waals surface area contributed by atoms with E-state index in [9.17, 15) is 0 Å². The van der Waals surface area contributed by atoms with Crippen molar-refractivity contribution >= 4 is 7.85 Å². The highest BCUT2D eigenvalue weighted by molar-refractivity contribution is 6.08. The first kappa shape index (κ1) is 11.1. The van der Waals surface area contributed by atoms with Gasteiger partial charge in [0, 0.05) is 0 Å². The Bertz CT molecular complexity index is 63.3. The van der Waals surface area contributed by atoms with Crippen LogP contribution in [0.5, 0.6) is 0 Å². The summed E-state index contributed by atoms with van der Waals surface area (Å²) in [6.45, 7) is 4.55. The molecule has 0 nitrogen and oxygen atoms in total. The SMILES string of the molecule is [B]CCC[C@@H](CC)CCCC. The Balaban J connectivity index is 3.25. The lowest BCUT2D eigenvalue weighted by molar-refractivity contribution is 0.417. The highest BCUT2D eigenvalue weighted by Gasteiger charge is 2.03. The molecule has 0 unspecified atom stereocenters. The van der Waals surface area contributed by atoms with Gasteiger partial charge in [0.15, 0.2) is 0 Å². The van der Waals surface area contributed by atoms with Crippen molar-refractivity contribution in [1.29, 1.82) is 0 Å². The number of hydrogen-bond donors (Lipinski definition) is 0. The molecule has 0 heterocycles. The molecule has 1 heteroatoms. The Kier molecular flexibility index (Phi) is 8.21. The van der Waals surface area contributed by atoms with Crippen LogP contribution in [-0.2, 0) is 0 Å². The topological polar surface area (TPSA) is 0 Å². The molecule has 0 aliphatic carbocycles. The van der Waals surface area contributed by atoms with Crippen molar-refractivity contribution in [2.45, 2.75) is 58.7 Å². The van der Waals surface area contributed by atoms with Crippen molar-refractivity contribution in [2.24, 2.45) is 5.92 Å². The molecule has 0 rings (SSSR count). The Morgan fingerprint density at radius 1 is 1.09 bits per heavy atom. The summed E-state index contributed by atoms with van der Waals surface area (Å²) >= 11 is 0. The Morgan fingerprint density at radius 2 is 1.73 bits per heavy atom. The fourth-order valence-corrected chi connectivity index (χ4v) is 1.45. The van der Waals surface area contributed by atoms with E-state index in [2.05, 4.69) is 13.8 Å². The number of hydrogen-bond acceptors (Lipinski definition) is 0. The van der Waals surface area contributed by atoms with Crippen LogP contribution >= 0.6 is 0 Å². The quantitative estimate of drug-likeness (QED) is 0.489. The first-order chi connectivity index (χ1) is 5.35. The van der Waals surface area contributed by atoms with Crippen LogP contribution in [0.4, 0.5) is 0 Å². The minimum absolute atomic E-state index is 0.864. The first-order valence-corrected chi connectivity index (χ1v) is 5.05. The van der Waals surface area contributed by atoms with Crippen molar-refractivity contribution in [3.63, 3.8) is 0 Å². The largest absolute Gasteiger partial charge is 0.0887 e. The molecule has 0 aromatic heterocycles. The van der Waals surface area contributed by atoms with Crippen LogP contribution in [0.2, 0.25) is 6.32 Å². The molecule has 0 aliphatic rings. The molecule has 2 radical (unpaired) electrons. The lowest BCUT2D eigenvalue weighted by atomic mass is 9.90. The van der Waals surface area contributed by atoms with Gasteiger partial charge in [-0.25, -0.2) is 0 Å². The maximum absolute atomic E-state index is 5.46. The van der Waals surface area contributed by atoms with Gasteiger partial charge in [-0.2, -0.15) is 0 Å². The van der Waals surface area contributed by atoms with E-state index >= 15 is 0 Å². The van der Waals surface area contributed by atoms with Gasteiger partial charge in [0.05, 0.1) is 7.85 Å². The van der Waals surface area contributed by atoms with Crippen molar-refractivity contribution in [3.8, 4) is 0 Å². The zero-order chi connectivity index (χ0) is 8.53. The van der Waals surface area contributed by atoms with E-state index in [1.54, 1.807) is 0 Å². The lowest BCUT2D eigenvalue weighted by Crippen LogP contribution is -1.98. The van der Waals surface area contributed by atoms with Gasteiger partial charge >= 0.3 is 0 Å². The second-order valence-corrected chi connectivity index (χ2v) is 3.35. The van der Waals surface area contributed by atoms with Crippen LogP contribution in [0.1, 0.15) is 52.4 Å². The molecule has 0 fully saturated rings. The predicted molar refractivity (Wildman–Crippen MR) is 53.1 cm³/mol. The zero-order valence-electron chi connectivity index (χ0n) is 8.10. The van der Waals surface area contributed by atoms with Crippen LogP contribution in [0.25, 0.3) is 0 Å². The maximum atomic E-state index is 5.46.